The molecule has 1 heterocycles. The highest BCUT2D eigenvalue weighted by Gasteiger charge is 2.43. The van der Waals surface area contributed by atoms with E-state index in [2.05, 4.69) is 15.9 Å². The summed E-state index contributed by atoms with van der Waals surface area (Å²) in [5.74, 6) is -2.11. The van der Waals surface area contributed by atoms with Crippen molar-refractivity contribution in [3.05, 3.63) is 10.6 Å². The van der Waals surface area contributed by atoms with E-state index >= 15 is 0 Å². The zero-order valence-electron chi connectivity index (χ0n) is 6.30. The summed E-state index contributed by atoms with van der Waals surface area (Å²) in [6, 6.07) is 0. The van der Waals surface area contributed by atoms with E-state index in [9.17, 15) is 9.90 Å². The molecule has 0 aromatic rings. The molecule has 0 saturated carbocycles. The molecule has 1 N–H and O–H groups in total. The lowest BCUT2D eigenvalue weighted by atomic mass is 10.0. The number of aliphatic hydroxyl groups is 1. The molecule has 1 rings (SSSR count). The highest BCUT2D eigenvalue weighted by Crippen LogP contribution is 2.35. The van der Waals surface area contributed by atoms with Gasteiger partial charge in [-0.2, -0.15) is 0 Å². The topological polar surface area (TPSA) is 46.5 Å². The average molecular weight is 221 g/mol. The van der Waals surface area contributed by atoms with Crippen molar-refractivity contribution >= 4 is 21.9 Å². The first-order chi connectivity index (χ1) is 4.97. The molecule has 3 nitrogen and oxygen atoms in total. The minimum Gasteiger partial charge on any atom is -0.425 e. The minimum absolute atomic E-state index is 0.153. The Labute approximate surface area is 73.2 Å². The molecule has 0 spiro atoms. The molecule has 0 aromatic carbocycles. The van der Waals surface area contributed by atoms with E-state index in [1.165, 1.54) is 6.08 Å². The molecule has 1 unspecified atom stereocenters. The van der Waals surface area contributed by atoms with Crippen LogP contribution < -0.4 is 0 Å². The molecular weight excluding hydrogens is 212 g/mol. The standard InChI is InChI=1S/C7H9BrO3/c1-4(2)7(10)5(8)3-6(9)11-7/h3-4,10H,1-2H3. The zero-order chi connectivity index (χ0) is 8.65. The Bertz CT molecular complexity index is 222. The number of rotatable bonds is 1. The summed E-state index contributed by atoms with van der Waals surface area (Å²) in [6.07, 6.45) is 1.24. The smallest absolute Gasteiger partial charge is 0.334 e. The molecule has 11 heavy (non-hydrogen) atoms. The summed E-state index contributed by atoms with van der Waals surface area (Å²) in [7, 11) is 0. The number of cyclic esters (lactones) is 1. The second-order valence-electron chi connectivity index (χ2n) is 2.76. The van der Waals surface area contributed by atoms with Crippen LogP contribution in [0.4, 0.5) is 0 Å². The van der Waals surface area contributed by atoms with Crippen molar-refractivity contribution in [1.29, 1.82) is 0 Å². The third kappa shape index (κ3) is 1.32. The van der Waals surface area contributed by atoms with Gasteiger partial charge in [0, 0.05) is 12.0 Å². The predicted molar refractivity (Wildman–Crippen MR) is 42.9 cm³/mol. The lowest BCUT2D eigenvalue weighted by Gasteiger charge is -2.25. The largest absolute Gasteiger partial charge is 0.425 e. The third-order valence-corrected chi connectivity index (χ3v) is 2.42. The number of halogens is 1. The van der Waals surface area contributed by atoms with Crippen LogP contribution in [0.1, 0.15) is 13.8 Å². The Kier molecular flexibility index (Phi) is 2.07. The molecule has 0 aromatic heterocycles. The Morgan fingerprint density at radius 2 is 2.27 bits per heavy atom. The highest BCUT2D eigenvalue weighted by molar-refractivity contribution is 9.11. The predicted octanol–water partition coefficient (Wildman–Crippen LogP) is 1.17. The summed E-state index contributed by atoms with van der Waals surface area (Å²) >= 11 is 3.07. The van der Waals surface area contributed by atoms with Gasteiger partial charge in [0.1, 0.15) is 0 Å². The number of hydrogen-bond donors (Lipinski definition) is 1. The van der Waals surface area contributed by atoms with Gasteiger partial charge in [-0.25, -0.2) is 4.79 Å². The molecule has 1 aliphatic heterocycles. The van der Waals surface area contributed by atoms with Gasteiger partial charge in [-0.3, -0.25) is 0 Å². The van der Waals surface area contributed by atoms with Crippen LogP contribution in [-0.2, 0) is 9.53 Å². The summed E-state index contributed by atoms with van der Waals surface area (Å²) in [5.41, 5.74) is 0. The SMILES string of the molecule is CC(C)C1(O)OC(=O)C=C1Br. The minimum atomic E-state index is -1.45. The molecule has 0 bridgehead atoms. The van der Waals surface area contributed by atoms with E-state index < -0.39 is 11.8 Å². The molecule has 0 saturated heterocycles. The van der Waals surface area contributed by atoms with Crippen LogP contribution >= 0.6 is 15.9 Å². The molecule has 0 radical (unpaired) electrons. The van der Waals surface area contributed by atoms with E-state index in [0.717, 1.165) is 0 Å². The zero-order valence-corrected chi connectivity index (χ0v) is 7.88. The van der Waals surface area contributed by atoms with Gasteiger partial charge in [0.2, 0.25) is 5.79 Å². The molecular formula is C7H9BrO3. The molecule has 0 aliphatic carbocycles. The van der Waals surface area contributed by atoms with Crippen molar-refractivity contribution in [2.75, 3.05) is 0 Å². The summed E-state index contributed by atoms with van der Waals surface area (Å²) in [5, 5.41) is 9.65. The Morgan fingerprint density at radius 1 is 1.73 bits per heavy atom. The van der Waals surface area contributed by atoms with Crippen molar-refractivity contribution in [3.63, 3.8) is 0 Å². The lowest BCUT2D eigenvalue weighted by molar-refractivity contribution is -0.192. The van der Waals surface area contributed by atoms with Gasteiger partial charge in [-0.05, 0) is 15.9 Å². The molecule has 0 fully saturated rings. The van der Waals surface area contributed by atoms with Crippen molar-refractivity contribution in [1.82, 2.24) is 0 Å². The normalized spacial score (nSPS) is 30.6. The van der Waals surface area contributed by atoms with Gasteiger partial charge in [0.25, 0.3) is 0 Å². The van der Waals surface area contributed by atoms with Gasteiger partial charge in [0.05, 0.1) is 4.48 Å². The highest BCUT2D eigenvalue weighted by atomic mass is 79.9. The lowest BCUT2D eigenvalue weighted by Crippen LogP contribution is -2.36. The number of carbonyl (C=O) groups is 1. The van der Waals surface area contributed by atoms with Crippen molar-refractivity contribution in [3.8, 4) is 0 Å². The number of esters is 1. The summed E-state index contributed by atoms with van der Waals surface area (Å²) < 4.78 is 5.09. The molecule has 1 aliphatic rings. The fourth-order valence-corrected chi connectivity index (χ4v) is 1.56. The number of hydrogen-bond acceptors (Lipinski definition) is 3. The van der Waals surface area contributed by atoms with E-state index in [1.807, 2.05) is 0 Å². The molecule has 62 valence electrons. The quantitative estimate of drug-likeness (QED) is 0.676. The summed E-state index contributed by atoms with van der Waals surface area (Å²) in [4.78, 5) is 10.7. The van der Waals surface area contributed by atoms with Gasteiger partial charge in [-0.15, -0.1) is 0 Å². The number of carbonyl (C=O) groups excluding carboxylic acids is 1. The van der Waals surface area contributed by atoms with Gasteiger partial charge >= 0.3 is 5.97 Å². The van der Waals surface area contributed by atoms with E-state index in [-0.39, 0.29) is 5.92 Å². The van der Waals surface area contributed by atoms with Gasteiger partial charge < -0.3 is 9.84 Å². The molecule has 1 atom stereocenters. The van der Waals surface area contributed by atoms with Gasteiger partial charge in [-0.1, -0.05) is 13.8 Å². The van der Waals surface area contributed by atoms with Gasteiger partial charge in [0.15, 0.2) is 0 Å². The van der Waals surface area contributed by atoms with E-state index in [0.29, 0.717) is 4.48 Å². The maximum Gasteiger partial charge on any atom is 0.334 e. The Hall–Kier alpha value is -0.350. The van der Waals surface area contributed by atoms with Crippen molar-refractivity contribution < 1.29 is 14.6 Å². The Balaban J connectivity index is 2.92. The van der Waals surface area contributed by atoms with Crippen LogP contribution in [0.2, 0.25) is 0 Å². The maximum atomic E-state index is 10.7. The van der Waals surface area contributed by atoms with Crippen LogP contribution in [0.25, 0.3) is 0 Å². The fourth-order valence-electron chi connectivity index (χ4n) is 0.832. The second kappa shape index (κ2) is 2.60. The molecule has 0 amide bonds. The van der Waals surface area contributed by atoms with Crippen molar-refractivity contribution in [2.24, 2.45) is 5.92 Å². The third-order valence-electron chi connectivity index (χ3n) is 1.63. The van der Waals surface area contributed by atoms with Crippen LogP contribution in [-0.4, -0.2) is 16.9 Å². The fraction of sp³-hybridized carbons (Fsp3) is 0.571. The monoisotopic (exact) mass is 220 g/mol. The van der Waals surface area contributed by atoms with Crippen LogP contribution in [0.3, 0.4) is 0 Å². The Morgan fingerprint density at radius 3 is 2.45 bits per heavy atom. The van der Waals surface area contributed by atoms with E-state index in [1.54, 1.807) is 13.8 Å². The first-order valence-corrected chi connectivity index (χ1v) is 4.09. The van der Waals surface area contributed by atoms with E-state index in [4.69, 9.17) is 4.74 Å². The second-order valence-corrected chi connectivity index (χ2v) is 3.62. The van der Waals surface area contributed by atoms with Crippen LogP contribution in [0, 0.1) is 5.92 Å². The van der Waals surface area contributed by atoms with Crippen molar-refractivity contribution in [2.45, 2.75) is 19.6 Å². The first kappa shape index (κ1) is 8.74. The maximum absolute atomic E-state index is 10.7. The van der Waals surface area contributed by atoms with Crippen LogP contribution in [0.5, 0.6) is 0 Å². The first-order valence-electron chi connectivity index (χ1n) is 3.30. The number of ether oxygens (including phenoxy) is 1. The molecule has 4 heteroatoms. The summed E-state index contributed by atoms with van der Waals surface area (Å²) in [6.45, 7) is 3.54. The van der Waals surface area contributed by atoms with Crippen LogP contribution in [0.15, 0.2) is 10.6 Å². The average Bonchev–Trinajstić information content (AvgIpc) is 2.08.